The van der Waals surface area contributed by atoms with Crippen molar-refractivity contribution in [2.75, 3.05) is 21.3 Å². The molecule has 2 N–H and O–H groups in total. The summed E-state index contributed by atoms with van der Waals surface area (Å²) in [6, 6.07) is 36.7. The average molecular weight is 861 g/mol. The van der Waals surface area contributed by atoms with Gasteiger partial charge in [0, 0.05) is 47.8 Å². The summed E-state index contributed by atoms with van der Waals surface area (Å²) >= 11 is 0. The first-order valence-electron chi connectivity index (χ1n) is 22.1. The van der Waals surface area contributed by atoms with Gasteiger partial charge in [0.25, 0.3) is 5.91 Å². The number of nitrogens with zero attached hydrogens (tertiary/aromatic N) is 4. The third-order valence-electron chi connectivity index (χ3n) is 14.2. The van der Waals surface area contributed by atoms with Crippen LogP contribution in [0.4, 0.5) is 28.4 Å². The van der Waals surface area contributed by atoms with Gasteiger partial charge < -0.3 is 24.4 Å². The Balaban J connectivity index is 1.05. The molecule has 63 heavy (non-hydrogen) atoms. The van der Waals surface area contributed by atoms with Crippen LogP contribution in [-0.2, 0) is 61.9 Å². The van der Waals surface area contributed by atoms with Gasteiger partial charge in [-0.15, -0.1) is 0 Å². The number of benzene rings is 5. The van der Waals surface area contributed by atoms with Crippen LogP contribution in [0.25, 0.3) is 0 Å². The van der Waals surface area contributed by atoms with Crippen LogP contribution in [0.5, 0.6) is 0 Å². The van der Waals surface area contributed by atoms with Crippen molar-refractivity contribution in [1.82, 2.24) is 4.90 Å². The van der Waals surface area contributed by atoms with Gasteiger partial charge in [-0.25, -0.2) is 0 Å². The van der Waals surface area contributed by atoms with Gasteiger partial charge in [0.15, 0.2) is 13.9 Å². The van der Waals surface area contributed by atoms with Gasteiger partial charge in [0.2, 0.25) is 17.7 Å². The molecule has 11 nitrogen and oxygen atoms in total. The summed E-state index contributed by atoms with van der Waals surface area (Å²) in [6.45, 7) is 5.93. The number of aliphatic hydroxyl groups is 1. The summed E-state index contributed by atoms with van der Waals surface area (Å²) in [4.78, 5) is 76.5. The number of ether oxygens (including phenoxy) is 1. The number of para-hydroxylation sites is 2. The van der Waals surface area contributed by atoms with Gasteiger partial charge in [0.1, 0.15) is 0 Å². The maximum atomic E-state index is 15.7. The zero-order valence-corrected chi connectivity index (χ0v) is 36.9. The topological polar surface area (TPSA) is 131 Å². The lowest BCUT2D eigenvalue weighted by molar-refractivity contribution is -0.151. The van der Waals surface area contributed by atoms with Crippen molar-refractivity contribution in [2.24, 2.45) is 5.92 Å². The number of hydrogen-bond acceptors (Lipinski definition) is 7. The summed E-state index contributed by atoms with van der Waals surface area (Å²) in [5.41, 5.74) is 7.11. The van der Waals surface area contributed by atoms with Crippen LogP contribution in [0.15, 0.2) is 115 Å². The molecule has 5 aromatic carbocycles. The molecule has 10 rings (SSSR count). The average Bonchev–Trinajstić information content (AvgIpc) is 3.71. The van der Waals surface area contributed by atoms with E-state index in [1.807, 2.05) is 135 Å². The first kappa shape index (κ1) is 41.1. The second-order valence-electron chi connectivity index (χ2n) is 18.4. The fourth-order valence-corrected chi connectivity index (χ4v) is 13.8. The number of carbonyl (C=O) groups is 4. The van der Waals surface area contributed by atoms with E-state index in [1.165, 1.54) is 0 Å². The van der Waals surface area contributed by atoms with Gasteiger partial charge in [-0.05, 0) is 103 Å². The molecule has 0 aliphatic carbocycles. The molecule has 5 aromatic rings. The van der Waals surface area contributed by atoms with Crippen LogP contribution in [0.2, 0.25) is 18.6 Å². The molecule has 5 atom stereocenters. The number of rotatable bonds is 8. The van der Waals surface area contributed by atoms with Gasteiger partial charge in [0.05, 0.1) is 48.8 Å². The van der Waals surface area contributed by atoms with E-state index in [-0.39, 0.29) is 43.2 Å². The van der Waals surface area contributed by atoms with E-state index in [1.54, 1.807) is 19.6 Å². The lowest BCUT2D eigenvalue weighted by atomic mass is 9.82. The van der Waals surface area contributed by atoms with Crippen LogP contribution in [0, 0.1) is 5.92 Å². The van der Waals surface area contributed by atoms with Crippen LogP contribution in [0.3, 0.4) is 0 Å². The van der Waals surface area contributed by atoms with E-state index in [4.69, 9.17) is 4.74 Å². The van der Waals surface area contributed by atoms with E-state index in [2.05, 4.69) is 0 Å². The highest BCUT2D eigenvalue weighted by Crippen LogP contribution is 2.60. The van der Waals surface area contributed by atoms with Crippen LogP contribution in [0.1, 0.15) is 59.6 Å². The van der Waals surface area contributed by atoms with Gasteiger partial charge in [-0.1, -0.05) is 79.7 Å². The molecule has 0 bridgehead atoms. The third-order valence-corrected chi connectivity index (χ3v) is 16.7. The van der Waals surface area contributed by atoms with E-state index < -0.39 is 37.5 Å². The molecule has 4 amide bonds. The van der Waals surface area contributed by atoms with E-state index in [0.717, 1.165) is 39.2 Å². The number of anilines is 5. The van der Waals surface area contributed by atoms with Gasteiger partial charge in [-0.3, -0.25) is 29.0 Å². The molecule has 12 heteroatoms. The Kier molecular flexibility index (Phi) is 10.2. The fourth-order valence-electron chi connectivity index (χ4n) is 11.3. The maximum Gasteiger partial charge on any atom is 0.264 e. The first-order valence-corrected chi connectivity index (χ1v) is 25.1. The molecule has 0 saturated carbocycles. The van der Waals surface area contributed by atoms with Crippen molar-refractivity contribution in [3.8, 4) is 0 Å². The minimum atomic E-state index is -3.17. The number of amides is 4. The molecule has 0 radical (unpaired) electrons. The monoisotopic (exact) mass is 860 g/mol. The number of fused-ring (bicyclic) bond motifs is 5. The highest BCUT2D eigenvalue weighted by molar-refractivity contribution is 6.71. The minimum Gasteiger partial charge on any atom is -0.432 e. The van der Waals surface area contributed by atoms with Crippen LogP contribution >= 0.6 is 0 Å². The number of aliphatic hydroxyl groups excluding tert-OH is 1. The molecule has 5 aliphatic rings. The molecule has 0 aromatic heterocycles. The lowest BCUT2D eigenvalue weighted by Crippen LogP contribution is -2.48. The maximum absolute atomic E-state index is 15.7. The molecule has 0 unspecified atom stereocenters. The summed E-state index contributed by atoms with van der Waals surface area (Å²) < 4.78 is 7.20. The highest BCUT2D eigenvalue weighted by atomic mass is 28.4. The van der Waals surface area contributed by atoms with E-state index in [9.17, 15) is 24.3 Å². The normalized spacial score (nSPS) is 24.1. The van der Waals surface area contributed by atoms with Crippen molar-refractivity contribution in [1.29, 1.82) is 0 Å². The van der Waals surface area contributed by atoms with Crippen molar-refractivity contribution >= 4 is 60.4 Å². The highest BCUT2D eigenvalue weighted by Gasteiger charge is 2.66. The fraction of sp³-hybridized carbons (Fsp3) is 0.333. The Hall–Kier alpha value is -5.92. The smallest absolute Gasteiger partial charge is 0.264 e. The molecule has 1 fully saturated rings. The largest absolute Gasteiger partial charge is 0.432 e. The predicted molar refractivity (Wildman–Crippen MR) is 243 cm³/mol. The van der Waals surface area contributed by atoms with Crippen LogP contribution < -0.4 is 14.7 Å². The minimum absolute atomic E-state index is 0.00317. The summed E-state index contributed by atoms with van der Waals surface area (Å²) in [5.74, 6) is -1.14. The van der Waals surface area contributed by atoms with Gasteiger partial charge >= 0.3 is 0 Å². The molecule has 1 saturated heterocycles. The Morgan fingerprint density at radius 3 is 1.97 bits per heavy atom. The summed E-state index contributed by atoms with van der Waals surface area (Å²) in [6.07, 6.45) is 1.66. The number of carbonyl (C=O) groups excluding carboxylic acids is 4. The molecule has 5 heterocycles. The zero-order valence-electron chi connectivity index (χ0n) is 35.9. The van der Waals surface area contributed by atoms with Crippen LogP contribution in [-0.4, -0.2) is 65.5 Å². The SMILES string of the molecule is C[C@@H]1[C@@H]([Si](C)(C)O)[C@H](CC(=O)N2Cc3ccccc3C[C@H]2CO)O[C@@]12C(=O)N(Cc1cccc(N3C(=O)CCc4ccccc43)c1)c1ccc(N3C(=O)CCc4ccccc43)cc12. The van der Waals surface area contributed by atoms with Crippen molar-refractivity contribution in [2.45, 2.75) is 94.9 Å². The van der Waals surface area contributed by atoms with E-state index in [0.29, 0.717) is 61.3 Å². The second-order valence-corrected chi connectivity index (χ2v) is 22.3. The van der Waals surface area contributed by atoms with Crippen molar-refractivity contribution in [3.05, 3.63) is 149 Å². The number of aryl methyl sites for hydroxylation is 2. The lowest BCUT2D eigenvalue weighted by Gasteiger charge is -2.37. The zero-order chi connectivity index (χ0) is 43.8. The van der Waals surface area contributed by atoms with Crippen molar-refractivity contribution in [3.63, 3.8) is 0 Å². The van der Waals surface area contributed by atoms with Gasteiger partial charge in [-0.2, -0.15) is 0 Å². The molecule has 322 valence electrons. The Labute approximate surface area is 368 Å². The van der Waals surface area contributed by atoms with E-state index >= 15 is 4.79 Å². The molecular weight excluding hydrogens is 809 g/mol. The Morgan fingerprint density at radius 1 is 0.730 bits per heavy atom. The summed E-state index contributed by atoms with van der Waals surface area (Å²) in [7, 11) is -3.17. The first-order chi connectivity index (χ1) is 30.4. The quantitative estimate of drug-likeness (QED) is 0.154. The standard InChI is InChI=1S/C51H52N4O7Si/c1-32-49(63(2,3)61)45(28-48(59)52-30-37-15-5-4-14-36(37)26-40(52)31-56)62-51(32)41-27-39(55-43-18-9-7-13-35(43)20-24-47(55)58)21-22-44(41)53(50(51)60)29-33-11-10-16-38(25-33)54-42-17-8-6-12-34(42)19-23-46(54)57/h4-18,21-22,25,27,32,40,45,49,56,61H,19-20,23-24,26,28-31H2,1-3H3/t32-,40+,45+,49-,51+/m1/s1. The third kappa shape index (κ3) is 6.82. The number of hydrogen-bond donors (Lipinski definition) is 2. The predicted octanol–water partition coefficient (Wildman–Crippen LogP) is 7.59. The molecular formula is C51H52N4O7Si. The molecule has 5 aliphatic heterocycles. The second kappa shape index (κ2) is 15.7. The Bertz CT molecular complexity index is 2680. The molecule has 1 spiro atoms. The summed E-state index contributed by atoms with van der Waals surface area (Å²) in [5, 5.41) is 10.5. The van der Waals surface area contributed by atoms with Crippen molar-refractivity contribution < 1.29 is 33.8 Å². The Morgan fingerprint density at radius 2 is 1.33 bits per heavy atom.